The Labute approximate surface area is 161 Å². The molecule has 2 N–H and O–H groups in total. The summed E-state index contributed by atoms with van der Waals surface area (Å²) in [6.07, 6.45) is 8.68. The van der Waals surface area contributed by atoms with Gasteiger partial charge < -0.3 is 15.5 Å². The molecule has 1 aliphatic heterocycles. The summed E-state index contributed by atoms with van der Waals surface area (Å²) in [6, 6.07) is 6.16. The highest BCUT2D eigenvalue weighted by Gasteiger charge is 2.28. The first-order valence-corrected chi connectivity index (χ1v) is 10.6. The Kier molecular flexibility index (Phi) is 5.37. The fourth-order valence-corrected chi connectivity index (χ4v) is 4.24. The molecule has 2 amide bonds. The van der Waals surface area contributed by atoms with Crippen LogP contribution in [0, 0.1) is 11.8 Å². The molecule has 1 aromatic carbocycles. The smallest absolute Gasteiger partial charge is 0.253 e. The lowest BCUT2D eigenvalue weighted by atomic mass is 9.97. The number of rotatable bonds is 5. The van der Waals surface area contributed by atoms with Gasteiger partial charge in [0.15, 0.2) is 0 Å². The normalized spacial score (nSPS) is 21.3. The molecule has 2 saturated carbocycles. The molecule has 2 aliphatic carbocycles. The molecular weight excluding hydrogens is 338 g/mol. The van der Waals surface area contributed by atoms with Gasteiger partial charge in [-0.05, 0) is 62.6 Å². The van der Waals surface area contributed by atoms with E-state index in [1.54, 1.807) is 0 Å². The van der Waals surface area contributed by atoms with Gasteiger partial charge in [0.05, 0.1) is 5.56 Å². The number of carbonyl (C=O) groups excluding carboxylic acids is 2. The molecule has 0 spiro atoms. The van der Waals surface area contributed by atoms with Crippen LogP contribution in [0.4, 0.5) is 11.4 Å². The number of hydrogen-bond acceptors (Lipinski definition) is 3. The van der Waals surface area contributed by atoms with Crippen LogP contribution in [0.25, 0.3) is 0 Å². The maximum absolute atomic E-state index is 12.9. The zero-order valence-electron chi connectivity index (χ0n) is 16.3. The molecule has 146 valence electrons. The van der Waals surface area contributed by atoms with E-state index in [-0.39, 0.29) is 17.7 Å². The molecule has 1 saturated heterocycles. The second-order valence-electron chi connectivity index (χ2n) is 8.62. The van der Waals surface area contributed by atoms with Gasteiger partial charge in [0.25, 0.3) is 5.91 Å². The molecule has 3 fully saturated rings. The van der Waals surface area contributed by atoms with Crippen molar-refractivity contribution in [2.24, 2.45) is 11.8 Å². The molecule has 0 bridgehead atoms. The first kappa shape index (κ1) is 18.3. The van der Waals surface area contributed by atoms with Crippen LogP contribution >= 0.6 is 0 Å². The van der Waals surface area contributed by atoms with Crippen LogP contribution in [-0.4, -0.2) is 30.9 Å². The molecule has 1 heterocycles. The summed E-state index contributed by atoms with van der Waals surface area (Å²) in [5.74, 6) is 0.954. The van der Waals surface area contributed by atoms with Crippen LogP contribution in [0.15, 0.2) is 18.2 Å². The zero-order valence-corrected chi connectivity index (χ0v) is 16.3. The summed E-state index contributed by atoms with van der Waals surface area (Å²) in [4.78, 5) is 27.7. The SMILES string of the molecule is CC1CCN(c2ccc(NC(=O)C3CCCC3)cc2C(=O)NC2CC2)CC1. The molecule has 1 aromatic rings. The van der Waals surface area contributed by atoms with Crippen LogP contribution < -0.4 is 15.5 Å². The van der Waals surface area contributed by atoms with Crippen molar-refractivity contribution in [3.05, 3.63) is 23.8 Å². The van der Waals surface area contributed by atoms with Crippen LogP contribution in [0.5, 0.6) is 0 Å². The quantitative estimate of drug-likeness (QED) is 0.826. The minimum Gasteiger partial charge on any atom is -0.371 e. The average Bonchev–Trinajstić information content (AvgIpc) is 3.31. The highest BCUT2D eigenvalue weighted by atomic mass is 16.2. The molecule has 0 atom stereocenters. The standard InChI is InChI=1S/C22H31N3O2/c1-15-10-12-25(13-11-15)20-9-8-18(24-21(26)16-4-2-3-5-16)14-19(20)22(27)23-17-6-7-17/h8-9,14-17H,2-7,10-13H2,1H3,(H,23,27)(H,24,26). The van der Waals surface area contributed by atoms with E-state index in [0.29, 0.717) is 11.6 Å². The first-order valence-electron chi connectivity index (χ1n) is 10.6. The van der Waals surface area contributed by atoms with Gasteiger partial charge in [-0.15, -0.1) is 0 Å². The van der Waals surface area contributed by atoms with Crippen molar-refractivity contribution in [2.45, 2.75) is 64.3 Å². The number of nitrogens with one attached hydrogen (secondary N) is 2. The Bertz CT molecular complexity index is 700. The summed E-state index contributed by atoms with van der Waals surface area (Å²) >= 11 is 0. The summed E-state index contributed by atoms with van der Waals surface area (Å²) < 4.78 is 0. The Morgan fingerprint density at radius 2 is 1.70 bits per heavy atom. The summed E-state index contributed by atoms with van der Waals surface area (Å²) in [7, 11) is 0. The van der Waals surface area contributed by atoms with E-state index in [9.17, 15) is 9.59 Å². The van der Waals surface area contributed by atoms with Crippen molar-refractivity contribution < 1.29 is 9.59 Å². The number of benzene rings is 1. The maximum Gasteiger partial charge on any atom is 0.253 e. The van der Waals surface area contributed by atoms with Gasteiger partial charge in [0.2, 0.25) is 5.91 Å². The van der Waals surface area contributed by atoms with E-state index >= 15 is 0 Å². The molecule has 4 rings (SSSR count). The molecule has 3 aliphatic rings. The molecule has 27 heavy (non-hydrogen) atoms. The van der Waals surface area contributed by atoms with E-state index in [1.807, 2.05) is 18.2 Å². The summed E-state index contributed by atoms with van der Waals surface area (Å²) in [6.45, 7) is 4.26. The lowest BCUT2D eigenvalue weighted by Gasteiger charge is -2.33. The van der Waals surface area contributed by atoms with Crippen molar-refractivity contribution >= 4 is 23.2 Å². The zero-order chi connectivity index (χ0) is 18.8. The van der Waals surface area contributed by atoms with Crippen molar-refractivity contribution in [1.82, 2.24) is 5.32 Å². The van der Waals surface area contributed by atoms with Gasteiger partial charge in [0.1, 0.15) is 0 Å². The molecular formula is C22H31N3O2. The van der Waals surface area contributed by atoms with Crippen molar-refractivity contribution in [3.8, 4) is 0 Å². The Balaban J connectivity index is 1.54. The second-order valence-corrected chi connectivity index (χ2v) is 8.62. The lowest BCUT2D eigenvalue weighted by Crippen LogP contribution is -2.35. The third kappa shape index (κ3) is 4.45. The molecule has 0 aromatic heterocycles. The molecule has 0 unspecified atom stereocenters. The second kappa shape index (κ2) is 7.91. The van der Waals surface area contributed by atoms with E-state index in [2.05, 4.69) is 22.5 Å². The number of nitrogens with zero attached hydrogens (tertiary/aromatic N) is 1. The lowest BCUT2D eigenvalue weighted by molar-refractivity contribution is -0.119. The maximum atomic E-state index is 12.9. The first-order chi connectivity index (χ1) is 13.1. The summed E-state index contributed by atoms with van der Waals surface area (Å²) in [5, 5.41) is 6.16. The molecule has 5 heteroatoms. The monoisotopic (exact) mass is 369 g/mol. The van der Waals surface area contributed by atoms with Crippen molar-refractivity contribution in [3.63, 3.8) is 0 Å². The van der Waals surface area contributed by atoms with Gasteiger partial charge in [0, 0.05) is 36.4 Å². The van der Waals surface area contributed by atoms with Gasteiger partial charge in [-0.2, -0.15) is 0 Å². The fourth-order valence-electron chi connectivity index (χ4n) is 4.24. The number of piperidine rings is 1. The predicted molar refractivity (Wildman–Crippen MR) is 108 cm³/mol. The topological polar surface area (TPSA) is 61.4 Å². The van der Waals surface area contributed by atoms with Crippen LogP contribution in [-0.2, 0) is 4.79 Å². The van der Waals surface area contributed by atoms with Gasteiger partial charge >= 0.3 is 0 Å². The Morgan fingerprint density at radius 3 is 2.37 bits per heavy atom. The largest absolute Gasteiger partial charge is 0.371 e. The fraction of sp³-hybridized carbons (Fsp3) is 0.636. The van der Waals surface area contributed by atoms with E-state index in [4.69, 9.17) is 0 Å². The van der Waals surface area contributed by atoms with E-state index < -0.39 is 0 Å². The number of hydrogen-bond donors (Lipinski definition) is 2. The Hall–Kier alpha value is -2.04. The Morgan fingerprint density at radius 1 is 1.00 bits per heavy atom. The van der Waals surface area contributed by atoms with Crippen LogP contribution in [0.2, 0.25) is 0 Å². The van der Waals surface area contributed by atoms with Crippen molar-refractivity contribution in [1.29, 1.82) is 0 Å². The van der Waals surface area contributed by atoms with Crippen LogP contribution in [0.1, 0.15) is 68.6 Å². The minimum atomic E-state index is -0.0110. The third-order valence-corrected chi connectivity index (χ3v) is 6.27. The number of anilines is 2. The minimum absolute atomic E-state index is 0.0110. The third-order valence-electron chi connectivity index (χ3n) is 6.27. The predicted octanol–water partition coefficient (Wildman–Crippen LogP) is 3.94. The van der Waals surface area contributed by atoms with Crippen molar-refractivity contribution in [2.75, 3.05) is 23.3 Å². The average molecular weight is 370 g/mol. The van der Waals surface area contributed by atoms with Gasteiger partial charge in [-0.1, -0.05) is 19.8 Å². The molecule has 0 radical (unpaired) electrons. The van der Waals surface area contributed by atoms with E-state index in [1.165, 1.54) is 0 Å². The summed E-state index contributed by atoms with van der Waals surface area (Å²) in [5.41, 5.74) is 2.43. The van der Waals surface area contributed by atoms with Crippen LogP contribution in [0.3, 0.4) is 0 Å². The molecule has 5 nitrogen and oxygen atoms in total. The highest BCUT2D eigenvalue weighted by Crippen LogP contribution is 2.31. The van der Waals surface area contributed by atoms with Gasteiger partial charge in [-0.3, -0.25) is 9.59 Å². The number of amides is 2. The van der Waals surface area contributed by atoms with Gasteiger partial charge in [-0.25, -0.2) is 0 Å². The number of carbonyl (C=O) groups is 2. The highest BCUT2D eigenvalue weighted by molar-refractivity contribution is 6.02. The van der Waals surface area contributed by atoms with E-state index in [0.717, 1.165) is 81.7 Å².